The second-order valence-electron chi connectivity index (χ2n) is 6.51. The number of hydrazone groups is 1. The minimum atomic E-state index is -0.557. The Morgan fingerprint density at radius 1 is 1.06 bits per heavy atom. The number of nitrogens with zero attached hydrogens (tertiary/aromatic N) is 1. The Morgan fingerprint density at radius 3 is 2.56 bits per heavy atom. The molecule has 0 spiro atoms. The van der Waals surface area contributed by atoms with Crippen LogP contribution in [0.15, 0.2) is 64.1 Å². The van der Waals surface area contributed by atoms with E-state index in [9.17, 15) is 9.59 Å². The first-order chi connectivity index (χ1) is 15.5. The Labute approximate surface area is 184 Å². The summed E-state index contributed by atoms with van der Waals surface area (Å²) in [6, 6.07) is 14.9. The van der Waals surface area contributed by atoms with E-state index in [4.69, 9.17) is 19.6 Å². The lowest BCUT2D eigenvalue weighted by atomic mass is 10.2. The summed E-state index contributed by atoms with van der Waals surface area (Å²) in [4.78, 5) is 23.6. The van der Waals surface area contributed by atoms with Gasteiger partial charge in [-0.25, -0.2) is 10.2 Å². The molecule has 32 heavy (non-hydrogen) atoms. The van der Waals surface area contributed by atoms with Crippen molar-refractivity contribution in [1.82, 2.24) is 5.43 Å². The monoisotopic (exact) mass is 437 g/mol. The van der Waals surface area contributed by atoms with Crippen LogP contribution in [0.1, 0.15) is 39.2 Å². The van der Waals surface area contributed by atoms with Gasteiger partial charge in [0.25, 0.3) is 5.91 Å². The van der Waals surface area contributed by atoms with Crippen LogP contribution < -0.4 is 20.6 Å². The first-order valence-corrected chi connectivity index (χ1v) is 9.75. The third-order valence-corrected chi connectivity index (χ3v) is 4.24. The number of methoxy groups -OCH3 is 1. The van der Waals surface area contributed by atoms with Crippen LogP contribution in [0.2, 0.25) is 0 Å². The van der Waals surface area contributed by atoms with Crippen molar-refractivity contribution in [3.63, 3.8) is 0 Å². The van der Waals surface area contributed by atoms with Crippen LogP contribution in [-0.4, -0.2) is 31.8 Å². The number of benzene rings is 2. The number of carbonyl (C=O) groups is 2. The van der Waals surface area contributed by atoms with Gasteiger partial charge in [-0.2, -0.15) is 5.10 Å². The van der Waals surface area contributed by atoms with Crippen LogP contribution in [-0.2, 0) is 11.3 Å². The van der Waals surface area contributed by atoms with E-state index in [1.807, 2.05) is 6.92 Å². The number of hydrogen-bond acceptors (Lipinski definition) is 8. The number of nitrogens with two attached hydrogens (primary N) is 1. The molecule has 3 aromatic rings. The molecule has 3 N–H and O–H groups in total. The van der Waals surface area contributed by atoms with Gasteiger partial charge in [-0.05, 0) is 67.1 Å². The number of furan rings is 1. The number of amides is 1. The van der Waals surface area contributed by atoms with E-state index in [-0.39, 0.29) is 18.3 Å². The second kappa shape index (κ2) is 10.7. The van der Waals surface area contributed by atoms with Crippen LogP contribution in [0.5, 0.6) is 11.5 Å². The predicted molar refractivity (Wildman–Crippen MR) is 118 cm³/mol. The maximum atomic E-state index is 12.1. The Hall–Kier alpha value is -4.27. The zero-order chi connectivity index (χ0) is 22.9. The molecular formula is C23H23N3O6. The largest absolute Gasteiger partial charge is 0.490 e. The smallest absolute Gasteiger partial charge is 0.373 e. The average molecular weight is 437 g/mol. The van der Waals surface area contributed by atoms with E-state index in [1.165, 1.54) is 19.4 Å². The molecule has 1 aromatic heterocycles. The number of hydrogen-bond donors (Lipinski definition) is 2. The molecule has 9 nitrogen and oxygen atoms in total. The lowest BCUT2D eigenvalue weighted by Gasteiger charge is -2.11. The van der Waals surface area contributed by atoms with Gasteiger partial charge >= 0.3 is 5.97 Å². The number of rotatable bonds is 9. The maximum Gasteiger partial charge on any atom is 0.373 e. The maximum absolute atomic E-state index is 12.1. The fourth-order valence-electron chi connectivity index (χ4n) is 2.67. The number of ether oxygens (including phenoxy) is 3. The molecular weight excluding hydrogens is 414 g/mol. The van der Waals surface area contributed by atoms with Crippen molar-refractivity contribution < 1.29 is 28.2 Å². The van der Waals surface area contributed by atoms with Gasteiger partial charge in [-0.1, -0.05) is 0 Å². The number of carbonyl (C=O) groups excluding carboxylic acids is 2. The molecule has 0 saturated heterocycles. The summed E-state index contributed by atoms with van der Waals surface area (Å²) in [7, 11) is 1.28. The molecule has 0 bridgehead atoms. The fraction of sp³-hybridized carbons (Fsp3) is 0.174. The van der Waals surface area contributed by atoms with E-state index in [0.29, 0.717) is 40.7 Å². The Morgan fingerprint density at radius 2 is 1.84 bits per heavy atom. The highest BCUT2D eigenvalue weighted by Crippen LogP contribution is 2.29. The normalized spacial score (nSPS) is 10.7. The van der Waals surface area contributed by atoms with Crippen LogP contribution in [0, 0.1) is 0 Å². The molecule has 0 atom stereocenters. The van der Waals surface area contributed by atoms with Crippen molar-refractivity contribution >= 4 is 23.8 Å². The average Bonchev–Trinajstić information content (AvgIpc) is 3.27. The summed E-state index contributed by atoms with van der Waals surface area (Å²) in [6.45, 7) is 2.38. The Balaban J connectivity index is 1.63. The molecule has 0 aliphatic carbocycles. The summed E-state index contributed by atoms with van der Waals surface area (Å²) in [5.74, 6) is 0.647. The van der Waals surface area contributed by atoms with E-state index >= 15 is 0 Å². The van der Waals surface area contributed by atoms with E-state index in [0.717, 1.165) is 0 Å². The van der Waals surface area contributed by atoms with Crippen molar-refractivity contribution in [1.29, 1.82) is 0 Å². The second-order valence-corrected chi connectivity index (χ2v) is 6.51. The lowest BCUT2D eigenvalue weighted by molar-refractivity contribution is 0.0560. The van der Waals surface area contributed by atoms with Crippen LogP contribution in [0.3, 0.4) is 0 Å². The third kappa shape index (κ3) is 5.88. The first-order valence-electron chi connectivity index (χ1n) is 9.75. The number of nitrogen functional groups attached to an aromatic ring is 1. The number of anilines is 1. The summed E-state index contributed by atoms with van der Waals surface area (Å²) in [5.41, 5.74) is 9.81. The topological polar surface area (TPSA) is 125 Å². The zero-order valence-electron chi connectivity index (χ0n) is 17.7. The van der Waals surface area contributed by atoms with Crippen molar-refractivity contribution in [2.45, 2.75) is 13.5 Å². The van der Waals surface area contributed by atoms with Gasteiger partial charge in [0, 0.05) is 11.3 Å². The van der Waals surface area contributed by atoms with Crippen molar-refractivity contribution in [3.8, 4) is 11.5 Å². The van der Waals surface area contributed by atoms with Crippen molar-refractivity contribution in [2.24, 2.45) is 5.10 Å². The van der Waals surface area contributed by atoms with Gasteiger partial charge in [-0.15, -0.1) is 0 Å². The molecule has 9 heteroatoms. The summed E-state index contributed by atoms with van der Waals surface area (Å²) in [6.07, 6.45) is 1.50. The summed E-state index contributed by atoms with van der Waals surface area (Å²) < 4.78 is 21.4. The fourth-order valence-corrected chi connectivity index (χ4v) is 2.67. The van der Waals surface area contributed by atoms with Crippen molar-refractivity contribution in [3.05, 3.63) is 77.2 Å². The van der Waals surface area contributed by atoms with E-state index in [2.05, 4.69) is 15.3 Å². The number of esters is 1. The number of nitrogens with one attached hydrogen (secondary N) is 1. The molecule has 1 heterocycles. The van der Waals surface area contributed by atoms with Gasteiger partial charge in [0.15, 0.2) is 11.5 Å². The summed E-state index contributed by atoms with van der Waals surface area (Å²) in [5, 5.41) is 3.98. The zero-order valence-corrected chi connectivity index (χ0v) is 17.7. The molecule has 0 fully saturated rings. The minimum Gasteiger partial charge on any atom is -0.490 e. The molecule has 0 aliphatic rings. The van der Waals surface area contributed by atoms with Gasteiger partial charge in [0.05, 0.1) is 19.9 Å². The van der Waals surface area contributed by atoms with Crippen LogP contribution in [0.25, 0.3) is 0 Å². The third-order valence-electron chi connectivity index (χ3n) is 4.24. The van der Waals surface area contributed by atoms with Crippen LogP contribution in [0.4, 0.5) is 5.69 Å². The highest BCUT2D eigenvalue weighted by atomic mass is 16.5. The van der Waals surface area contributed by atoms with Gasteiger partial charge < -0.3 is 24.4 Å². The predicted octanol–water partition coefficient (Wildman–Crippen LogP) is 3.39. The standard InChI is InChI=1S/C23H23N3O6/c1-3-30-21-12-15(13-25-26-22(27)16-5-7-17(24)8-6-16)4-10-19(21)31-14-18-9-11-20(32-18)23(28)29-2/h4-13H,3,14,24H2,1-2H3,(H,26,27). The van der Waals surface area contributed by atoms with E-state index in [1.54, 1.807) is 48.5 Å². The molecule has 2 aromatic carbocycles. The molecule has 0 radical (unpaired) electrons. The van der Waals surface area contributed by atoms with Crippen LogP contribution >= 0.6 is 0 Å². The molecule has 3 rings (SSSR count). The highest BCUT2D eigenvalue weighted by Gasteiger charge is 2.13. The first kappa shape index (κ1) is 22.4. The minimum absolute atomic E-state index is 0.0994. The SMILES string of the molecule is CCOc1cc(C=NNC(=O)c2ccc(N)cc2)ccc1OCc1ccc(C(=O)OC)o1. The molecule has 0 unspecified atom stereocenters. The Kier molecular flexibility index (Phi) is 7.47. The van der Waals surface area contributed by atoms with E-state index < -0.39 is 5.97 Å². The molecule has 166 valence electrons. The van der Waals surface area contributed by atoms with Gasteiger partial charge in [-0.3, -0.25) is 4.79 Å². The quantitative estimate of drug-likeness (QED) is 0.227. The molecule has 1 amide bonds. The van der Waals surface area contributed by atoms with Gasteiger partial charge in [0.1, 0.15) is 12.4 Å². The Bertz CT molecular complexity index is 1110. The molecule has 0 saturated carbocycles. The highest BCUT2D eigenvalue weighted by molar-refractivity contribution is 5.95. The lowest BCUT2D eigenvalue weighted by Crippen LogP contribution is -2.17. The summed E-state index contributed by atoms with van der Waals surface area (Å²) >= 11 is 0. The van der Waals surface area contributed by atoms with Crippen molar-refractivity contribution in [2.75, 3.05) is 19.5 Å². The molecule has 0 aliphatic heterocycles. The van der Waals surface area contributed by atoms with Gasteiger partial charge in [0.2, 0.25) is 5.76 Å².